The molecule has 4 heterocycles. The molecule has 0 N–H and O–H groups in total. The van der Waals surface area contributed by atoms with E-state index in [1.54, 1.807) is 30.5 Å². The van der Waals surface area contributed by atoms with Crippen molar-refractivity contribution in [2.24, 2.45) is 0 Å². The van der Waals surface area contributed by atoms with Gasteiger partial charge in [-0.25, -0.2) is 0 Å². The molecule has 0 atom stereocenters. The monoisotopic (exact) mass is 855 g/mol. The molecule has 5 aromatic carbocycles. The van der Waals surface area contributed by atoms with Gasteiger partial charge in [-0.1, -0.05) is 145 Å². The molecule has 0 spiro atoms. The molecule has 0 aliphatic carbocycles. The van der Waals surface area contributed by atoms with Crippen LogP contribution in [0, 0.1) is 25.0 Å². The van der Waals surface area contributed by atoms with Gasteiger partial charge >= 0.3 is 0 Å². The molecule has 0 saturated heterocycles. The highest BCUT2D eigenvalue weighted by molar-refractivity contribution is 6.10. The Morgan fingerprint density at radius 1 is 0.554 bits per heavy atom. The van der Waals surface area contributed by atoms with E-state index in [1.165, 1.54) is 6.07 Å². The zero-order valence-corrected chi connectivity index (χ0v) is 37.8. The number of nitriles is 1. The number of hydrogen-bond donors (Lipinski definition) is 0. The largest absolute Gasteiger partial charge is 0.455 e. The maximum Gasteiger partial charge on any atom is 0.144 e. The van der Waals surface area contributed by atoms with Gasteiger partial charge in [-0.15, -0.1) is 0 Å². The molecule has 322 valence electrons. The molecule has 0 aliphatic heterocycles. The summed E-state index contributed by atoms with van der Waals surface area (Å²) in [4.78, 5) is 14.7. The van der Waals surface area contributed by atoms with Crippen LogP contribution in [0.15, 0.2) is 163 Å². The summed E-state index contributed by atoms with van der Waals surface area (Å²) in [6, 6.07) is 45.6. The molecule has 4 aromatic heterocycles. The normalized spacial score (nSPS) is 14.1. The van der Waals surface area contributed by atoms with Crippen LogP contribution >= 0.6 is 0 Å². The zero-order valence-electron chi connectivity index (χ0n) is 44.8. The summed E-state index contributed by atoms with van der Waals surface area (Å²) in [6.07, 6.45) is 7.59. The molecule has 0 aliphatic rings. The highest BCUT2D eigenvalue weighted by atomic mass is 16.3. The average molecular weight is 856 g/mol. The molecule has 9 rings (SSSR count). The lowest BCUT2D eigenvalue weighted by Gasteiger charge is -2.30. The Labute approximate surface area is 393 Å². The first-order chi connectivity index (χ1) is 34.0. The third kappa shape index (κ3) is 8.74. The second-order valence-electron chi connectivity index (χ2n) is 19.2. The molecule has 9 aromatic rings. The van der Waals surface area contributed by atoms with Crippen LogP contribution in [0.4, 0.5) is 0 Å². The fourth-order valence-electron chi connectivity index (χ4n) is 9.35. The molecule has 0 amide bonds. The van der Waals surface area contributed by atoms with Crippen LogP contribution in [0.2, 0.25) is 0 Å². The second-order valence-corrected chi connectivity index (χ2v) is 19.2. The van der Waals surface area contributed by atoms with Crippen molar-refractivity contribution in [2.45, 2.75) is 90.8 Å². The molecule has 0 bridgehead atoms. The van der Waals surface area contributed by atoms with Crippen molar-refractivity contribution >= 4 is 21.9 Å². The van der Waals surface area contributed by atoms with Crippen LogP contribution in [-0.2, 0) is 35.5 Å². The van der Waals surface area contributed by atoms with Gasteiger partial charge in [-0.05, 0) is 125 Å². The smallest absolute Gasteiger partial charge is 0.144 e. The first-order valence-corrected chi connectivity index (χ1v) is 22.1. The molecule has 0 unspecified atom stereocenters. The first-order valence-electron chi connectivity index (χ1n) is 25.6. The molecular formula is C60H56N4O. The molecule has 65 heavy (non-hydrogen) atoms. The van der Waals surface area contributed by atoms with E-state index < -0.39 is 19.1 Å². The van der Waals surface area contributed by atoms with Gasteiger partial charge in [0.05, 0.1) is 30.1 Å². The number of rotatable bonds is 12. The van der Waals surface area contributed by atoms with Crippen LogP contribution in [0.25, 0.3) is 55.7 Å². The van der Waals surface area contributed by atoms with Gasteiger partial charge in [-0.2, -0.15) is 5.26 Å². The van der Waals surface area contributed by atoms with Gasteiger partial charge in [0.1, 0.15) is 11.2 Å². The van der Waals surface area contributed by atoms with Crippen molar-refractivity contribution in [3.63, 3.8) is 0 Å². The molecule has 0 radical (unpaired) electrons. The van der Waals surface area contributed by atoms with E-state index >= 15 is 0 Å². The summed E-state index contributed by atoms with van der Waals surface area (Å²) in [7, 11) is 0. The molecular weight excluding hydrogens is 793 g/mol. The van der Waals surface area contributed by atoms with E-state index in [0.29, 0.717) is 34.0 Å². The number of hydrogen-bond acceptors (Lipinski definition) is 5. The molecule has 5 heteroatoms. The van der Waals surface area contributed by atoms with Gasteiger partial charge in [0.15, 0.2) is 0 Å². The summed E-state index contributed by atoms with van der Waals surface area (Å²) >= 11 is 0. The number of nitrogens with zero attached hydrogens (tertiary/aromatic N) is 4. The van der Waals surface area contributed by atoms with Gasteiger partial charge in [0.2, 0.25) is 0 Å². The van der Waals surface area contributed by atoms with Gasteiger partial charge in [-0.3, -0.25) is 15.0 Å². The Morgan fingerprint density at radius 2 is 1.09 bits per heavy atom. The predicted octanol–water partition coefficient (Wildman–Crippen LogP) is 14.8. The fourth-order valence-corrected chi connectivity index (χ4v) is 9.35. The minimum absolute atomic E-state index is 0.0116. The Kier molecular flexibility index (Phi) is 9.26. The van der Waals surface area contributed by atoms with E-state index in [1.807, 2.05) is 54.9 Å². The van der Waals surface area contributed by atoms with Gasteiger partial charge in [0, 0.05) is 59.8 Å². The summed E-state index contributed by atoms with van der Waals surface area (Å²) in [6.45, 7) is 7.83. The van der Waals surface area contributed by atoms with Crippen LogP contribution in [0.3, 0.4) is 0 Å². The number of pyridine rings is 3. The highest BCUT2D eigenvalue weighted by Crippen LogP contribution is 2.40. The molecule has 0 saturated carbocycles. The van der Waals surface area contributed by atoms with Crippen molar-refractivity contribution in [2.75, 3.05) is 0 Å². The number of aromatic nitrogens is 3. The van der Waals surface area contributed by atoms with Crippen molar-refractivity contribution < 1.29 is 14.0 Å². The minimum atomic E-state index is -2.74. The summed E-state index contributed by atoms with van der Waals surface area (Å²) < 4.78 is 66.1. The zero-order chi connectivity index (χ0) is 51.4. The van der Waals surface area contributed by atoms with Crippen molar-refractivity contribution in [1.82, 2.24) is 15.0 Å². The van der Waals surface area contributed by atoms with Crippen molar-refractivity contribution in [1.29, 1.82) is 5.26 Å². The van der Waals surface area contributed by atoms with Crippen LogP contribution in [-0.4, -0.2) is 15.0 Å². The lowest BCUT2D eigenvalue weighted by molar-refractivity contribution is 0.504. The Morgan fingerprint density at radius 3 is 1.60 bits per heavy atom. The van der Waals surface area contributed by atoms with Gasteiger partial charge < -0.3 is 4.42 Å². The number of aryl methyl sites for hydroxylation is 2. The molecule has 5 nitrogen and oxygen atoms in total. The fraction of sp³-hybridized carbons (Fsp3) is 0.233. The lowest BCUT2D eigenvalue weighted by Crippen LogP contribution is -2.24. The van der Waals surface area contributed by atoms with Gasteiger partial charge in [0.25, 0.3) is 0 Å². The number of fused-ring (bicyclic) bond motifs is 3. The number of para-hydroxylation sites is 1. The Hall–Kier alpha value is -7.16. The van der Waals surface area contributed by atoms with E-state index in [9.17, 15) is 5.26 Å². The quantitative estimate of drug-likeness (QED) is 0.122. The molecule has 0 fully saturated rings. The van der Waals surface area contributed by atoms with E-state index in [0.717, 1.165) is 63.2 Å². The summed E-state index contributed by atoms with van der Waals surface area (Å²) in [5.41, 5.74) is 9.49. The van der Waals surface area contributed by atoms with E-state index in [2.05, 4.69) is 108 Å². The third-order valence-corrected chi connectivity index (χ3v) is 12.9. The summed E-state index contributed by atoms with van der Waals surface area (Å²) in [5.74, 6) is 0. The lowest BCUT2D eigenvalue weighted by atomic mass is 9.74. The highest BCUT2D eigenvalue weighted by Gasteiger charge is 2.29. The third-order valence-electron chi connectivity index (χ3n) is 12.9. The second kappa shape index (κ2) is 17.1. The first kappa shape index (κ1) is 35.2. The van der Waals surface area contributed by atoms with Crippen molar-refractivity contribution in [3.8, 4) is 39.8 Å². The van der Waals surface area contributed by atoms with Crippen LogP contribution in [0.1, 0.15) is 101 Å². The number of furan rings is 1. The van der Waals surface area contributed by atoms with Crippen LogP contribution in [0.5, 0.6) is 0 Å². The maximum atomic E-state index is 9.87. The van der Waals surface area contributed by atoms with E-state index in [4.69, 9.17) is 29.0 Å². The minimum Gasteiger partial charge on any atom is -0.455 e. The van der Waals surface area contributed by atoms with Crippen LogP contribution < -0.4 is 0 Å². The SMILES string of the molecule is [2H]c1cc2c(oc3c(-c4cc(C([2H])([2H])[2H])c(C(C)(C)Cc5cc(CC(C)(C)c6ccc(-c7ccccc7)nc6)cc(CC(C)(C)c6ccc(-c7ccccc7)nc6)c5)cn4)cccc32)c(C([2H])([2H])[2H])c1C#N. The standard InChI is InChI=1S/C60H56N4O/c1-39-28-55(51-21-15-20-49-50-25-22-46(35-61)40(2)56(50)65-57(49)51)64-38-52(39)60(7,8)34-43-30-41(32-58(3,4)47-23-26-53(62-36-47)44-16-11-9-12-17-44)29-42(31-43)33-59(5,6)48-24-27-54(63-37-48)45-18-13-10-14-19-45/h9-31,36-38H,32-34H2,1-8H3/i1D3,2D3,22D. The predicted molar refractivity (Wildman–Crippen MR) is 267 cm³/mol. The Balaban J connectivity index is 1.09. The Bertz CT molecular complexity index is 3380. The van der Waals surface area contributed by atoms with Crippen molar-refractivity contribution in [3.05, 3.63) is 208 Å². The maximum absolute atomic E-state index is 9.87. The summed E-state index contributed by atoms with van der Waals surface area (Å²) in [5, 5.41) is 10.8. The van der Waals surface area contributed by atoms with E-state index in [-0.39, 0.29) is 44.7 Å². The number of benzene rings is 5. The average Bonchev–Trinajstić information content (AvgIpc) is 3.70. The topological polar surface area (TPSA) is 75.6 Å².